The van der Waals surface area contributed by atoms with Crippen molar-refractivity contribution >= 4 is 52.5 Å². The van der Waals surface area contributed by atoms with Crippen LogP contribution in [0.25, 0.3) is 10.2 Å². The number of sulfone groups is 1. The number of likely N-dealkylation sites (N-methyl/N-ethyl adjacent to an activating group) is 1. The van der Waals surface area contributed by atoms with Gasteiger partial charge in [0.25, 0.3) is 5.91 Å². The lowest BCUT2D eigenvalue weighted by molar-refractivity contribution is 0.0985. The van der Waals surface area contributed by atoms with Gasteiger partial charge in [-0.2, -0.15) is 4.31 Å². The number of piperidine rings is 1. The van der Waals surface area contributed by atoms with Crippen molar-refractivity contribution in [3.8, 4) is 0 Å². The van der Waals surface area contributed by atoms with Crippen molar-refractivity contribution < 1.29 is 21.6 Å². The van der Waals surface area contributed by atoms with E-state index in [-0.39, 0.29) is 15.7 Å². The van der Waals surface area contributed by atoms with Crippen LogP contribution in [0.5, 0.6) is 0 Å². The Balaban J connectivity index is 1.62. The average Bonchev–Trinajstić information content (AvgIpc) is 3.27. The number of fused-ring (bicyclic) bond motifs is 1. The molecule has 1 amide bonds. The molecule has 3 aromatic rings. The summed E-state index contributed by atoms with van der Waals surface area (Å²) in [4.78, 5) is 22.0. The number of aromatic nitrogens is 1. The molecule has 2 heterocycles. The van der Waals surface area contributed by atoms with Gasteiger partial charge in [-0.15, -0.1) is 0 Å². The predicted molar refractivity (Wildman–Crippen MR) is 147 cm³/mol. The van der Waals surface area contributed by atoms with E-state index in [4.69, 9.17) is 0 Å². The Bertz CT molecular complexity index is 1490. The minimum atomic E-state index is -3.61. The van der Waals surface area contributed by atoms with Crippen molar-refractivity contribution in [2.24, 2.45) is 5.92 Å². The van der Waals surface area contributed by atoms with Gasteiger partial charge in [0, 0.05) is 38.0 Å². The first-order valence-corrected chi connectivity index (χ1v) is 16.2. The summed E-state index contributed by atoms with van der Waals surface area (Å²) < 4.78 is 52.3. The van der Waals surface area contributed by atoms with Gasteiger partial charge in [-0.05, 0) is 75.3 Å². The lowest BCUT2D eigenvalue weighted by Gasteiger charge is -2.29. The zero-order chi connectivity index (χ0) is 27.0. The third kappa shape index (κ3) is 6.20. The monoisotopic (exact) mass is 564 g/mol. The SMILES string of the molecule is CC1CCN(S(=O)(=O)c2ccc(C(=O)N(CCN(C)C)c3nc4ccc(S(C)(=O)=O)cc4s3)cc2)CC1. The third-order valence-corrected chi connectivity index (χ3v) is 10.6. The normalized spacial score (nSPS) is 15.9. The van der Waals surface area contributed by atoms with Gasteiger partial charge in [0.1, 0.15) is 0 Å². The van der Waals surface area contributed by atoms with Gasteiger partial charge in [0.15, 0.2) is 15.0 Å². The number of carbonyl (C=O) groups excluding carboxylic acids is 1. The van der Waals surface area contributed by atoms with Crippen LogP contribution >= 0.6 is 11.3 Å². The van der Waals surface area contributed by atoms with Crippen molar-refractivity contribution in [2.45, 2.75) is 29.6 Å². The highest BCUT2D eigenvalue weighted by molar-refractivity contribution is 7.90. The number of thiazole rings is 1. The topological polar surface area (TPSA) is 108 Å². The van der Waals surface area contributed by atoms with Crippen LogP contribution in [0.4, 0.5) is 5.13 Å². The van der Waals surface area contributed by atoms with Crippen molar-refractivity contribution in [2.75, 3.05) is 51.4 Å². The molecule has 0 radical (unpaired) electrons. The van der Waals surface area contributed by atoms with Crippen LogP contribution in [-0.4, -0.2) is 83.5 Å². The van der Waals surface area contributed by atoms with E-state index in [2.05, 4.69) is 11.9 Å². The Hall–Kier alpha value is -2.38. The fourth-order valence-electron chi connectivity index (χ4n) is 4.12. The molecule has 0 atom stereocenters. The van der Waals surface area contributed by atoms with E-state index in [0.29, 0.717) is 53.0 Å². The molecular weight excluding hydrogens is 532 g/mol. The number of amides is 1. The summed E-state index contributed by atoms with van der Waals surface area (Å²) in [5.74, 6) is 0.208. The van der Waals surface area contributed by atoms with Crippen molar-refractivity contribution in [1.29, 1.82) is 0 Å². The molecule has 9 nitrogen and oxygen atoms in total. The fourth-order valence-corrected chi connectivity index (χ4v) is 7.34. The van der Waals surface area contributed by atoms with Crippen LogP contribution in [0.3, 0.4) is 0 Å². The molecule has 200 valence electrons. The number of carbonyl (C=O) groups is 1. The first-order valence-electron chi connectivity index (χ1n) is 12.0. The van der Waals surface area contributed by atoms with Gasteiger partial charge < -0.3 is 4.90 Å². The molecule has 1 saturated heterocycles. The highest BCUT2D eigenvalue weighted by atomic mass is 32.2. The summed E-state index contributed by atoms with van der Waals surface area (Å²) in [7, 11) is -3.18. The first kappa shape index (κ1) is 27.6. The standard InChI is InChI=1S/C25H32N4O5S3/c1-18-11-13-28(14-12-18)37(33,34)20-7-5-19(6-8-20)24(30)29(16-15-27(2)3)25-26-22-10-9-21(36(4,31)32)17-23(22)35-25/h5-10,17-18H,11-16H2,1-4H3. The second-order valence-corrected chi connectivity index (χ2v) is 14.7. The Morgan fingerprint density at radius 2 is 1.62 bits per heavy atom. The van der Waals surface area contributed by atoms with Crippen molar-refractivity contribution in [3.05, 3.63) is 48.0 Å². The molecular formula is C25H32N4O5S3. The molecule has 1 aliphatic rings. The molecule has 37 heavy (non-hydrogen) atoms. The van der Waals surface area contributed by atoms with Gasteiger partial charge in [-0.1, -0.05) is 18.3 Å². The zero-order valence-electron chi connectivity index (χ0n) is 21.4. The maximum absolute atomic E-state index is 13.6. The lowest BCUT2D eigenvalue weighted by Crippen LogP contribution is -2.38. The van der Waals surface area contributed by atoms with Crippen molar-refractivity contribution in [1.82, 2.24) is 14.2 Å². The highest BCUT2D eigenvalue weighted by Crippen LogP contribution is 2.32. The molecule has 0 N–H and O–H groups in total. The van der Waals surface area contributed by atoms with Crippen LogP contribution in [0, 0.1) is 5.92 Å². The molecule has 0 saturated carbocycles. The minimum Gasteiger partial charge on any atom is -0.308 e. The van der Waals surface area contributed by atoms with E-state index in [1.807, 2.05) is 19.0 Å². The Morgan fingerprint density at radius 1 is 1.00 bits per heavy atom. The summed E-state index contributed by atoms with van der Waals surface area (Å²) in [6, 6.07) is 10.8. The van der Waals surface area contributed by atoms with Crippen molar-refractivity contribution in [3.63, 3.8) is 0 Å². The summed E-state index contributed by atoms with van der Waals surface area (Å²) >= 11 is 1.25. The van der Waals surface area contributed by atoms with Gasteiger partial charge in [0.05, 0.1) is 20.0 Å². The number of hydrogen-bond acceptors (Lipinski definition) is 8. The van der Waals surface area contributed by atoms with Gasteiger partial charge >= 0.3 is 0 Å². The maximum Gasteiger partial charge on any atom is 0.260 e. The van der Waals surface area contributed by atoms with Crippen LogP contribution in [0.2, 0.25) is 0 Å². The average molecular weight is 565 g/mol. The summed E-state index contributed by atoms with van der Waals surface area (Å²) in [6.07, 6.45) is 2.83. The van der Waals surface area contributed by atoms with E-state index in [1.165, 1.54) is 33.8 Å². The van der Waals surface area contributed by atoms with E-state index in [9.17, 15) is 21.6 Å². The van der Waals surface area contributed by atoms with Crippen LogP contribution in [-0.2, 0) is 19.9 Å². The molecule has 1 aliphatic heterocycles. The van der Waals surface area contributed by atoms with E-state index >= 15 is 0 Å². The Labute approximate surface area is 222 Å². The molecule has 0 unspecified atom stereocenters. The smallest absolute Gasteiger partial charge is 0.260 e. The third-order valence-electron chi connectivity index (χ3n) is 6.51. The number of hydrogen-bond donors (Lipinski definition) is 0. The van der Waals surface area contributed by atoms with Gasteiger partial charge in [-0.3, -0.25) is 9.69 Å². The second-order valence-electron chi connectivity index (χ2n) is 9.77. The summed E-state index contributed by atoms with van der Waals surface area (Å²) in [5, 5.41) is 0.451. The van der Waals surface area contributed by atoms with E-state index in [1.54, 1.807) is 29.2 Å². The van der Waals surface area contributed by atoms with Gasteiger partial charge in [-0.25, -0.2) is 21.8 Å². The summed E-state index contributed by atoms with van der Waals surface area (Å²) in [6.45, 7) is 4.07. The molecule has 0 aliphatic carbocycles. The maximum atomic E-state index is 13.6. The summed E-state index contributed by atoms with van der Waals surface area (Å²) in [5.41, 5.74) is 0.952. The number of benzene rings is 2. The van der Waals surface area contributed by atoms with E-state index in [0.717, 1.165) is 19.1 Å². The van der Waals surface area contributed by atoms with Crippen LogP contribution in [0.1, 0.15) is 30.1 Å². The van der Waals surface area contributed by atoms with Crippen LogP contribution < -0.4 is 4.90 Å². The molecule has 4 rings (SSSR count). The van der Waals surface area contributed by atoms with Gasteiger partial charge in [0.2, 0.25) is 10.0 Å². The minimum absolute atomic E-state index is 0.173. The molecule has 1 fully saturated rings. The number of anilines is 1. The van der Waals surface area contributed by atoms with Crippen LogP contribution in [0.15, 0.2) is 52.3 Å². The quantitative estimate of drug-likeness (QED) is 0.413. The number of sulfonamides is 1. The second kappa shape index (κ2) is 10.8. The number of rotatable bonds is 8. The molecule has 1 aromatic heterocycles. The Morgan fingerprint density at radius 3 is 2.22 bits per heavy atom. The fraction of sp³-hybridized carbons (Fsp3) is 0.440. The first-order chi connectivity index (χ1) is 17.4. The molecule has 0 bridgehead atoms. The highest BCUT2D eigenvalue weighted by Gasteiger charge is 2.29. The Kier molecular flexibility index (Phi) is 8.05. The lowest BCUT2D eigenvalue weighted by atomic mass is 10.0. The molecule has 0 spiro atoms. The molecule has 2 aromatic carbocycles. The predicted octanol–water partition coefficient (Wildman–Crippen LogP) is 3.33. The zero-order valence-corrected chi connectivity index (χ0v) is 23.9. The largest absolute Gasteiger partial charge is 0.308 e. The molecule has 12 heteroatoms. The number of nitrogens with zero attached hydrogens (tertiary/aromatic N) is 4. The van der Waals surface area contributed by atoms with E-state index < -0.39 is 19.9 Å².